The van der Waals surface area contributed by atoms with E-state index in [-0.39, 0.29) is 11.8 Å². The molecule has 1 aromatic rings. The van der Waals surface area contributed by atoms with Crippen LogP contribution in [0.5, 0.6) is 0 Å². The summed E-state index contributed by atoms with van der Waals surface area (Å²) in [5, 5.41) is 2.68. The molecule has 1 aliphatic rings. The van der Waals surface area contributed by atoms with E-state index < -0.39 is 0 Å². The summed E-state index contributed by atoms with van der Waals surface area (Å²) in [5.74, 6) is -0.0273. The van der Waals surface area contributed by atoms with Gasteiger partial charge in [-0.1, -0.05) is 0 Å². The van der Waals surface area contributed by atoms with Crippen LogP contribution in [0.15, 0.2) is 24.3 Å². The zero-order valence-corrected chi connectivity index (χ0v) is 9.90. The molecule has 1 saturated heterocycles. The monoisotopic (exact) mass is 232 g/mol. The summed E-state index contributed by atoms with van der Waals surface area (Å²) in [6, 6.07) is 7.02. The Morgan fingerprint density at radius 2 is 1.71 bits per heavy atom. The van der Waals surface area contributed by atoms with Crippen molar-refractivity contribution in [3.8, 4) is 0 Å². The van der Waals surface area contributed by atoms with Crippen molar-refractivity contribution in [3.63, 3.8) is 0 Å². The third-order valence-electron chi connectivity index (χ3n) is 2.85. The van der Waals surface area contributed by atoms with Crippen LogP contribution in [0.1, 0.15) is 30.1 Å². The summed E-state index contributed by atoms with van der Waals surface area (Å²) in [6.45, 7) is 3.17. The van der Waals surface area contributed by atoms with Crippen LogP contribution in [0.25, 0.3) is 0 Å². The fourth-order valence-electron chi connectivity index (χ4n) is 2.00. The van der Waals surface area contributed by atoms with Crippen LogP contribution in [-0.2, 0) is 4.79 Å². The van der Waals surface area contributed by atoms with Crippen LogP contribution in [0.3, 0.4) is 0 Å². The molecule has 1 aliphatic heterocycles. The molecule has 17 heavy (non-hydrogen) atoms. The van der Waals surface area contributed by atoms with Crippen LogP contribution in [0, 0.1) is 0 Å². The van der Waals surface area contributed by atoms with Crippen molar-refractivity contribution in [2.45, 2.75) is 19.8 Å². The second kappa shape index (κ2) is 4.99. The number of benzene rings is 1. The molecule has 1 N–H and O–H groups in total. The number of hydrogen-bond donors (Lipinski definition) is 1. The predicted molar refractivity (Wildman–Crippen MR) is 65.9 cm³/mol. The van der Waals surface area contributed by atoms with E-state index in [1.54, 1.807) is 24.3 Å². The lowest BCUT2D eigenvalue weighted by Crippen LogP contribution is -2.27. The molecule has 2 amide bonds. The van der Waals surface area contributed by atoms with Gasteiger partial charge in [0.15, 0.2) is 0 Å². The van der Waals surface area contributed by atoms with Gasteiger partial charge >= 0.3 is 0 Å². The minimum atomic E-state index is -0.108. The lowest BCUT2D eigenvalue weighted by molar-refractivity contribution is -0.114. The van der Waals surface area contributed by atoms with Crippen molar-refractivity contribution in [2.24, 2.45) is 0 Å². The predicted octanol–water partition coefficient (Wildman–Crippen LogP) is 1.88. The zero-order chi connectivity index (χ0) is 12.3. The fraction of sp³-hybridized carbons (Fsp3) is 0.385. The lowest BCUT2D eigenvalue weighted by atomic mass is 10.2. The summed E-state index contributed by atoms with van der Waals surface area (Å²) < 4.78 is 0. The first kappa shape index (κ1) is 11.6. The molecule has 0 bridgehead atoms. The van der Waals surface area contributed by atoms with Crippen LogP contribution in [-0.4, -0.2) is 29.8 Å². The minimum Gasteiger partial charge on any atom is -0.339 e. The molecule has 0 radical (unpaired) electrons. The van der Waals surface area contributed by atoms with E-state index in [0.717, 1.165) is 31.6 Å². The van der Waals surface area contributed by atoms with Gasteiger partial charge in [-0.25, -0.2) is 0 Å². The topological polar surface area (TPSA) is 49.4 Å². The van der Waals surface area contributed by atoms with E-state index in [9.17, 15) is 9.59 Å². The number of amides is 2. The first-order valence-corrected chi connectivity index (χ1v) is 5.84. The molecule has 0 spiro atoms. The highest BCUT2D eigenvalue weighted by atomic mass is 16.2. The van der Waals surface area contributed by atoms with Crippen LogP contribution in [0.2, 0.25) is 0 Å². The molecule has 90 valence electrons. The van der Waals surface area contributed by atoms with Gasteiger partial charge in [-0.3, -0.25) is 9.59 Å². The Morgan fingerprint density at radius 3 is 2.24 bits per heavy atom. The van der Waals surface area contributed by atoms with E-state index in [1.165, 1.54) is 6.92 Å². The number of carbonyl (C=O) groups is 2. The Morgan fingerprint density at radius 1 is 1.12 bits per heavy atom. The molecule has 1 aromatic carbocycles. The molecule has 1 heterocycles. The number of nitrogens with one attached hydrogen (secondary N) is 1. The molecule has 0 aliphatic carbocycles. The standard InChI is InChI=1S/C13H16N2O2/c1-10(16)14-12-6-4-11(5-7-12)13(17)15-8-2-3-9-15/h4-7H,2-3,8-9H2,1H3,(H,14,16). The Kier molecular flexibility index (Phi) is 3.42. The van der Waals surface area contributed by atoms with Gasteiger partial charge in [0.25, 0.3) is 5.91 Å². The van der Waals surface area contributed by atoms with Gasteiger partial charge in [0.05, 0.1) is 0 Å². The van der Waals surface area contributed by atoms with E-state index >= 15 is 0 Å². The van der Waals surface area contributed by atoms with Gasteiger partial charge in [-0.15, -0.1) is 0 Å². The average molecular weight is 232 g/mol. The zero-order valence-electron chi connectivity index (χ0n) is 9.90. The van der Waals surface area contributed by atoms with Crippen molar-refractivity contribution in [3.05, 3.63) is 29.8 Å². The second-order valence-electron chi connectivity index (χ2n) is 4.26. The minimum absolute atomic E-state index is 0.0804. The third kappa shape index (κ3) is 2.84. The Bertz CT molecular complexity index is 420. The molecule has 0 atom stereocenters. The van der Waals surface area contributed by atoms with Crippen molar-refractivity contribution >= 4 is 17.5 Å². The van der Waals surface area contributed by atoms with Crippen molar-refractivity contribution in [2.75, 3.05) is 18.4 Å². The molecule has 0 aromatic heterocycles. The summed E-state index contributed by atoms with van der Waals surface area (Å²) >= 11 is 0. The SMILES string of the molecule is CC(=O)Nc1ccc(C(=O)N2CCCC2)cc1. The molecular formula is C13H16N2O2. The van der Waals surface area contributed by atoms with Crippen molar-refractivity contribution < 1.29 is 9.59 Å². The highest BCUT2D eigenvalue weighted by Gasteiger charge is 2.18. The van der Waals surface area contributed by atoms with Gasteiger partial charge in [0, 0.05) is 31.3 Å². The summed E-state index contributed by atoms with van der Waals surface area (Å²) in [7, 11) is 0. The average Bonchev–Trinajstić information content (AvgIpc) is 2.82. The van der Waals surface area contributed by atoms with Crippen molar-refractivity contribution in [1.82, 2.24) is 4.90 Å². The van der Waals surface area contributed by atoms with Gasteiger partial charge in [0.2, 0.25) is 5.91 Å². The number of nitrogens with zero attached hydrogens (tertiary/aromatic N) is 1. The molecule has 0 saturated carbocycles. The number of hydrogen-bond acceptors (Lipinski definition) is 2. The summed E-state index contributed by atoms with van der Waals surface area (Å²) in [6.07, 6.45) is 2.19. The van der Waals surface area contributed by atoms with Crippen LogP contribution in [0.4, 0.5) is 5.69 Å². The quantitative estimate of drug-likeness (QED) is 0.846. The lowest BCUT2D eigenvalue weighted by Gasteiger charge is -2.15. The Balaban J connectivity index is 2.06. The smallest absolute Gasteiger partial charge is 0.253 e. The molecular weight excluding hydrogens is 216 g/mol. The fourth-order valence-corrected chi connectivity index (χ4v) is 2.00. The number of carbonyl (C=O) groups excluding carboxylic acids is 2. The van der Waals surface area contributed by atoms with Gasteiger partial charge < -0.3 is 10.2 Å². The number of anilines is 1. The van der Waals surface area contributed by atoms with Crippen molar-refractivity contribution in [1.29, 1.82) is 0 Å². The molecule has 4 nitrogen and oxygen atoms in total. The summed E-state index contributed by atoms with van der Waals surface area (Å²) in [5.41, 5.74) is 1.40. The van der Waals surface area contributed by atoms with E-state index in [0.29, 0.717) is 5.56 Å². The first-order chi connectivity index (χ1) is 8.16. The van der Waals surface area contributed by atoms with Gasteiger partial charge in [-0.2, -0.15) is 0 Å². The van der Waals surface area contributed by atoms with E-state index in [2.05, 4.69) is 5.32 Å². The second-order valence-corrected chi connectivity index (χ2v) is 4.26. The maximum atomic E-state index is 12.0. The van der Waals surface area contributed by atoms with Gasteiger partial charge in [0.1, 0.15) is 0 Å². The highest BCUT2D eigenvalue weighted by molar-refractivity contribution is 5.95. The number of likely N-dealkylation sites (tertiary alicyclic amines) is 1. The van der Waals surface area contributed by atoms with E-state index in [4.69, 9.17) is 0 Å². The third-order valence-corrected chi connectivity index (χ3v) is 2.85. The molecule has 0 unspecified atom stereocenters. The normalized spacial score (nSPS) is 14.8. The Labute approximate surface area is 101 Å². The van der Waals surface area contributed by atoms with Gasteiger partial charge in [-0.05, 0) is 37.1 Å². The van der Waals surface area contributed by atoms with E-state index in [1.807, 2.05) is 4.90 Å². The highest BCUT2D eigenvalue weighted by Crippen LogP contribution is 2.15. The Hall–Kier alpha value is -1.84. The number of rotatable bonds is 2. The maximum Gasteiger partial charge on any atom is 0.253 e. The van der Waals surface area contributed by atoms with Crippen LogP contribution >= 0.6 is 0 Å². The molecule has 2 rings (SSSR count). The first-order valence-electron chi connectivity index (χ1n) is 5.84. The largest absolute Gasteiger partial charge is 0.339 e. The molecule has 4 heteroatoms. The maximum absolute atomic E-state index is 12.0. The van der Waals surface area contributed by atoms with Crippen LogP contribution < -0.4 is 5.32 Å². The molecule has 1 fully saturated rings. The summed E-state index contributed by atoms with van der Waals surface area (Å²) in [4.78, 5) is 24.7.